The van der Waals surface area contributed by atoms with Gasteiger partial charge in [-0.2, -0.15) is 0 Å². The molecule has 4 heteroatoms. The van der Waals surface area contributed by atoms with E-state index in [0.29, 0.717) is 19.4 Å². The zero-order chi connectivity index (χ0) is 7.11. The molecule has 0 aromatic rings. The van der Waals surface area contributed by atoms with E-state index in [-0.39, 0.29) is 31.1 Å². The summed E-state index contributed by atoms with van der Waals surface area (Å²) < 4.78 is 0. The summed E-state index contributed by atoms with van der Waals surface area (Å²) in [5.74, 6) is 0.0200. The Hall–Kier alpha value is 0.0144. The van der Waals surface area contributed by atoms with Crippen LogP contribution in [0.15, 0.2) is 0 Å². The van der Waals surface area contributed by atoms with Gasteiger partial charge in [0.25, 0.3) is 0 Å². The number of hydrogen-bond donors (Lipinski definition) is 2. The van der Waals surface area contributed by atoms with Crippen molar-refractivity contribution < 1.29 is 28.5 Å². The fourth-order valence-corrected chi connectivity index (χ4v) is 0.525. The topological polar surface area (TPSA) is 49.3 Å². The molecule has 59 valence electrons. The Morgan fingerprint density at radius 1 is 1.60 bits per heavy atom. The summed E-state index contributed by atoms with van der Waals surface area (Å²) in [6.07, 6.45) is 0.996. The van der Waals surface area contributed by atoms with E-state index in [0.717, 1.165) is 0 Å². The van der Waals surface area contributed by atoms with Crippen molar-refractivity contribution in [2.24, 2.45) is 0 Å². The van der Waals surface area contributed by atoms with E-state index >= 15 is 0 Å². The third kappa shape index (κ3) is 8.01. The molecule has 0 saturated carbocycles. The molecule has 0 rings (SSSR count). The van der Waals surface area contributed by atoms with Gasteiger partial charge in [0.05, 0.1) is 0 Å². The average Bonchev–Trinajstić information content (AvgIpc) is 1.85. The maximum atomic E-state index is 10.6. The van der Waals surface area contributed by atoms with Crippen LogP contribution < -0.4 is 5.32 Å². The molecule has 0 fully saturated rings. The first kappa shape index (κ1) is 12.7. The van der Waals surface area contributed by atoms with Crippen molar-refractivity contribution in [1.29, 1.82) is 0 Å². The Balaban J connectivity index is 0. The van der Waals surface area contributed by atoms with Crippen LogP contribution >= 0.6 is 0 Å². The van der Waals surface area contributed by atoms with Gasteiger partial charge in [-0.1, -0.05) is 0 Å². The zero-order valence-corrected chi connectivity index (χ0v) is 7.53. The summed E-state index contributed by atoms with van der Waals surface area (Å²) >= 11 is 0. The fraction of sp³-hybridized carbons (Fsp3) is 0.833. The third-order valence-corrected chi connectivity index (χ3v) is 0.936. The number of hydrogen-bond acceptors (Lipinski definition) is 2. The summed E-state index contributed by atoms with van der Waals surface area (Å²) in [4.78, 5) is 10.6. The van der Waals surface area contributed by atoms with Crippen molar-refractivity contribution >= 4 is 5.91 Å². The maximum Gasteiger partial charge on any atom is 0.220 e. The van der Waals surface area contributed by atoms with Crippen molar-refractivity contribution in [1.82, 2.24) is 5.32 Å². The predicted molar refractivity (Wildman–Crippen MR) is 35.0 cm³/mol. The van der Waals surface area contributed by atoms with Crippen LogP contribution in [0.1, 0.15) is 19.8 Å². The molecular weight excluding hydrogens is 169 g/mol. The minimum absolute atomic E-state index is 0. The minimum atomic E-state index is 0. The first-order valence-corrected chi connectivity index (χ1v) is 3.18. The molecule has 0 aliphatic carbocycles. The number of carbonyl (C=O) groups is 1. The van der Waals surface area contributed by atoms with Gasteiger partial charge >= 0.3 is 0 Å². The molecule has 0 aromatic heterocycles. The van der Waals surface area contributed by atoms with E-state index in [2.05, 4.69) is 5.32 Å². The van der Waals surface area contributed by atoms with Gasteiger partial charge in [0, 0.05) is 38.1 Å². The van der Waals surface area contributed by atoms with Gasteiger partial charge in [-0.15, -0.1) is 0 Å². The summed E-state index contributed by atoms with van der Waals surface area (Å²) in [5.41, 5.74) is 0. The molecular formula is C6H13NO2V. The van der Waals surface area contributed by atoms with Crippen LogP contribution in [0, 0.1) is 0 Å². The molecule has 0 aliphatic rings. The molecule has 1 radical (unpaired) electrons. The van der Waals surface area contributed by atoms with Gasteiger partial charge in [-0.3, -0.25) is 4.79 Å². The quantitative estimate of drug-likeness (QED) is 0.637. The molecule has 0 saturated heterocycles. The van der Waals surface area contributed by atoms with Gasteiger partial charge in [-0.25, -0.2) is 0 Å². The zero-order valence-electron chi connectivity index (χ0n) is 6.13. The SMILES string of the molecule is CCNC(=O)CCCO.[V]. The standard InChI is InChI=1S/C6H13NO2.V/c1-2-7-6(9)4-3-5-8;/h8H,2-5H2,1H3,(H,7,9);. The number of nitrogens with one attached hydrogen (secondary N) is 1. The first-order valence-electron chi connectivity index (χ1n) is 3.18. The second kappa shape index (κ2) is 9.01. The molecule has 0 bridgehead atoms. The number of aliphatic hydroxyl groups is 1. The number of rotatable bonds is 4. The Morgan fingerprint density at radius 3 is 2.60 bits per heavy atom. The van der Waals surface area contributed by atoms with Gasteiger partial charge < -0.3 is 10.4 Å². The molecule has 0 unspecified atom stereocenters. The van der Waals surface area contributed by atoms with Gasteiger partial charge in [0.15, 0.2) is 0 Å². The molecule has 1 amide bonds. The monoisotopic (exact) mass is 182 g/mol. The molecule has 3 nitrogen and oxygen atoms in total. The van der Waals surface area contributed by atoms with Crippen LogP contribution in [0.25, 0.3) is 0 Å². The Labute approximate surface area is 73.1 Å². The number of amides is 1. The Kier molecular flexibility index (Phi) is 11.4. The molecule has 0 spiro atoms. The summed E-state index contributed by atoms with van der Waals surface area (Å²) in [6, 6.07) is 0. The normalized spacial score (nSPS) is 8.20. The van der Waals surface area contributed by atoms with Gasteiger partial charge in [-0.05, 0) is 13.3 Å². The molecule has 0 aromatic carbocycles. The van der Waals surface area contributed by atoms with Gasteiger partial charge in [0.2, 0.25) is 5.91 Å². The summed E-state index contributed by atoms with van der Waals surface area (Å²) in [6.45, 7) is 2.64. The van der Waals surface area contributed by atoms with E-state index in [1.165, 1.54) is 0 Å². The molecule has 10 heavy (non-hydrogen) atoms. The smallest absolute Gasteiger partial charge is 0.220 e. The van der Waals surface area contributed by atoms with Gasteiger partial charge in [0.1, 0.15) is 0 Å². The molecule has 0 atom stereocenters. The Morgan fingerprint density at radius 2 is 2.20 bits per heavy atom. The average molecular weight is 182 g/mol. The second-order valence-electron chi connectivity index (χ2n) is 1.78. The van der Waals surface area contributed by atoms with E-state index in [1.54, 1.807) is 0 Å². The van der Waals surface area contributed by atoms with Crippen LogP contribution in [0.5, 0.6) is 0 Å². The summed E-state index contributed by atoms with van der Waals surface area (Å²) in [5, 5.41) is 10.9. The van der Waals surface area contributed by atoms with E-state index in [4.69, 9.17) is 5.11 Å². The van der Waals surface area contributed by atoms with Crippen LogP contribution in [0.4, 0.5) is 0 Å². The van der Waals surface area contributed by atoms with E-state index in [9.17, 15) is 4.79 Å². The second-order valence-corrected chi connectivity index (χ2v) is 1.78. The Bertz CT molecular complexity index is 87.8. The molecule has 0 heterocycles. The fourth-order valence-electron chi connectivity index (χ4n) is 0.525. The maximum absolute atomic E-state index is 10.6. The predicted octanol–water partition coefficient (Wildman–Crippen LogP) is -0.108. The molecule has 0 aliphatic heterocycles. The van der Waals surface area contributed by atoms with E-state index < -0.39 is 0 Å². The van der Waals surface area contributed by atoms with Crippen molar-refractivity contribution in [3.05, 3.63) is 0 Å². The summed E-state index contributed by atoms with van der Waals surface area (Å²) in [7, 11) is 0. The third-order valence-electron chi connectivity index (χ3n) is 0.936. The van der Waals surface area contributed by atoms with Crippen molar-refractivity contribution in [2.75, 3.05) is 13.2 Å². The van der Waals surface area contributed by atoms with Crippen molar-refractivity contribution in [3.8, 4) is 0 Å². The first-order chi connectivity index (χ1) is 4.31. The largest absolute Gasteiger partial charge is 0.396 e. The van der Waals surface area contributed by atoms with Crippen LogP contribution in [-0.2, 0) is 23.4 Å². The number of carbonyl (C=O) groups excluding carboxylic acids is 1. The molecule has 2 N–H and O–H groups in total. The van der Waals surface area contributed by atoms with Crippen LogP contribution in [0.3, 0.4) is 0 Å². The number of aliphatic hydroxyl groups excluding tert-OH is 1. The minimum Gasteiger partial charge on any atom is -0.396 e. The van der Waals surface area contributed by atoms with Crippen molar-refractivity contribution in [3.63, 3.8) is 0 Å². The van der Waals surface area contributed by atoms with Crippen LogP contribution in [-0.4, -0.2) is 24.2 Å². The van der Waals surface area contributed by atoms with E-state index in [1.807, 2.05) is 6.92 Å². The van der Waals surface area contributed by atoms with Crippen LogP contribution in [0.2, 0.25) is 0 Å². The van der Waals surface area contributed by atoms with Crippen molar-refractivity contribution in [2.45, 2.75) is 19.8 Å².